The number of carbonyl (C=O) groups excluding carboxylic acids is 1. The first-order valence-electron chi connectivity index (χ1n) is 5.02. The molecule has 16 heavy (non-hydrogen) atoms. The van der Waals surface area contributed by atoms with Crippen molar-refractivity contribution in [3.05, 3.63) is 33.8 Å². The van der Waals surface area contributed by atoms with E-state index in [4.69, 9.17) is 5.26 Å². The van der Waals surface area contributed by atoms with Gasteiger partial charge in [0.05, 0.1) is 6.07 Å². The summed E-state index contributed by atoms with van der Waals surface area (Å²) in [7, 11) is 0. The molecule has 1 aromatic rings. The lowest BCUT2D eigenvalue weighted by Gasteiger charge is -2.07. The normalized spacial score (nSPS) is 9.56. The van der Waals surface area contributed by atoms with Gasteiger partial charge in [0.25, 0.3) is 0 Å². The molecule has 1 rings (SSSR count). The Hall–Kier alpha value is -1.34. The summed E-state index contributed by atoms with van der Waals surface area (Å²) in [5, 5.41) is 11.0. The van der Waals surface area contributed by atoms with E-state index >= 15 is 0 Å². The lowest BCUT2D eigenvalue weighted by atomic mass is 10.1. The van der Waals surface area contributed by atoms with Crippen LogP contribution in [0.3, 0.4) is 0 Å². The van der Waals surface area contributed by atoms with Crippen LogP contribution in [-0.2, 0) is 11.2 Å². The van der Waals surface area contributed by atoms with Crippen LogP contribution in [0.15, 0.2) is 22.7 Å². The largest absolute Gasteiger partial charge is 0.355 e. The quantitative estimate of drug-likeness (QED) is 0.920. The molecule has 1 N–H and O–H groups in total. The molecule has 1 amide bonds. The monoisotopic (exact) mass is 280 g/mol. The smallest absolute Gasteiger partial charge is 0.234 e. The zero-order valence-electron chi connectivity index (χ0n) is 9.09. The van der Waals surface area contributed by atoms with Crippen molar-refractivity contribution in [1.82, 2.24) is 5.32 Å². The maximum Gasteiger partial charge on any atom is 0.234 e. The van der Waals surface area contributed by atoms with E-state index in [2.05, 4.69) is 21.2 Å². The Morgan fingerprint density at radius 3 is 3.00 bits per heavy atom. The molecule has 84 valence electrons. The SMILES string of the molecule is Cc1ccc(Br)cc1CCNC(=O)CC#N. The number of nitriles is 1. The molecule has 0 heterocycles. The maximum atomic E-state index is 11.0. The van der Waals surface area contributed by atoms with Gasteiger partial charge in [-0.25, -0.2) is 0 Å². The van der Waals surface area contributed by atoms with Crippen LogP contribution in [0, 0.1) is 18.3 Å². The van der Waals surface area contributed by atoms with E-state index in [9.17, 15) is 4.79 Å². The highest BCUT2D eigenvalue weighted by molar-refractivity contribution is 9.10. The first-order chi connectivity index (χ1) is 7.63. The molecule has 0 bridgehead atoms. The van der Waals surface area contributed by atoms with Crippen LogP contribution in [0.5, 0.6) is 0 Å². The molecular weight excluding hydrogens is 268 g/mol. The van der Waals surface area contributed by atoms with Crippen molar-refractivity contribution < 1.29 is 4.79 Å². The van der Waals surface area contributed by atoms with Crippen molar-refractivity contribution in [2.45, 2.75) is 19.8 Å². The van der Waals surface area contributed by atoms with Crippen LogP contribution in [0.2, 0.25) is 0 Å². The van der Waals surface area contributed by atoms with Crippen LogP contribution in [0.4, 0.5) is 0 Å². The Balaban J connectivity index is 2.46. The van der Waals surface area contributed by atoms with Crippen molar-refractivity contribution >= 4 is 21.8 Å². The number of hydrogen-bond acceptors (Lipinski definition) is 2. The highest BCUT2D eigenvalue weighted by atomic mass is 79.9. The molecule has 4 heteroatoms. The Morgan fingerprint density at radius 1 is 1.56 bits per heavy atom. The molecule has 0 unspecified atom stereocenters. The van der Waals surface area contributed by atoms with E-state index in [0.717, 1.165) is 10.9 Å². The summed E-state index contributed by atoms with van der Waals surface area (Å²) >= 11 is 3.41. The number of aryl methyl sites for hydroxylation is 1. The first-order valence-corrected chi connectivity index (χ1v) is 5.81. The molecule has 0 saturated heterocycles. The number of rotatable bonds is 4. The molecule has 1 aromatic carbocycles. The van der Waals surface area contributed by atoms with Crippen molar-refractivity contribution in [2.75, 3.05) is 6.54 Å². The summed E-state index contributed by atoms with van der Waals surface area (Å²) in [6.45, 7) is 2.61. The molecular formula is C12H13BrN2O. The third kappa shape index (κ3) is 4.03. The fourth-order valence-electron chi connectivity index (χ4n) is 1.38. The average molecular weight is 281 g/mol. The zero-order valence-corrected chi connectivity index (χ0v) is 10.7. The van der Waals surface area contributed by atoms with E-state index < -0.39 is 0 Å². The Bertz CT molecular complexity index is 424. The first kappa shape index (κ1) is 12.7. The highest BCUT2D eigenvalue weighted by Crippen LogP contribution is 2.16. The van der Waals surface area contributed by atoms with E-state index in [1.54, 1.807) is 0 Å². The third-order valence-electron chi connectivity index (χ3n) is 2.27. The predicted octanol–water partition coefficient (Wildman–Crippen LogP) is 2.33. The van der Waals surface area contributed by atoms with Gasteiger partial charge >= 0.3 is 0 Å². The topological polar surface area (TPSA) is 52.9 Å². The van der Waals surface area contributed by atoms with Gasteiger partial charge < -0.3 is 5.32 Å². The minimum atomic E-state index is -0.213. The van der Waals surface area contributed by atoms with Gasteiger partial charge in [0.2, 0.25) is 5.91 Å². The van der Waals surface area contributed by atoms with Crippen LogP contribution in [0.1, 0.15) is 17.5 Å². The number of nitrogens with one attached hydrogen (secondary N) is 1. The Morgan fingerprint density at radius 2 is 2.31 bits per heavy atom. The van der Waals surface area contributed by atoms with E-state index in [1.165, 1.54) is 11.1 Å². The number of amides is 1. The molecule has 0 atom stereocenters. The van der Waals surface area contributed by atoms with Gasteiger partial charge in [-0.15, -0.1) is 0 Å². The molecule has 0 aliphatic carbocycles. The van der Waals surface area contributed by atoms with E-state index in [0.29, 0.717) is 6.54 Å². The van der Waals surface area contributed by atoms with Gasteiger partial charge in [-0.1, -0.05) is 22.0 Å². The van der Waals surface area contributed by atoms with Crippen LogP contribution >= 0.6 is 15.9 Å². The lowest BCUT2D eigenvalue weighted by molar-refractivity contribution is -0.120. The lowest BCUT2D eigenvalue weighted by Crippen LogP contribution is -2.25. The zero-order chi connectivity index (χ0) is 12.0. The molecule has 0 aliphatic rings. The minimum absolute atomic E-state index is 0.0720. The van der Waals surface area contributed by atoms with Gasteiger partial charge in [-0.3, -0.25) is 4.79 Å². The summed E-state index contributed by atoms with van der Waals surface area (Å²) in [4.78, 5) is 11.0. The predicted molar refractivity (Wildman–Crippen MR) is 65.8 cm³/mol. The minimum Gasteiger partial charge on any atom is -0.355 e. The average Bonchev–Trinajstić information content (AvgIpc) is 2.23. The summed E-state index contributed by atoms with van der Waals surface area (Å²) in [6.07, 6.45) is 0.708. The Kier molecular flexibility index (Phi) is 5.00. The summed E-state index contributed by atoms with van der Waals surface area (Å²) in [5.74, 6) is -0.213. The second-order valence-corrected chi connectivity index (χ2v) is 4.42. The second kappa shape index (κ2) is 6.29. The number of hydrogen-bond donors (Lipinski definition) is 1. The number of carbonyl (C=O) groups is 1. The van der Waals surface area contributed by atoms with Crippen molar-refractivity contribution in [3.63, 3.8) is 0 Å². The van der Waals surface area contributed by atoms with Crippen molar-refractivity contribution in [2.24, 2.45) is 0 Å². The number of nitrogens with zero attached hydrogens (tertiary/aromatic N) is 1. The van der Waals surface area contributed by atoms with Gasteiger partial charge in [0, 0.05) is 11.0 Å². The summed E-state index contributed by atoms with van der Waals surface area (Å²) < 4.78 is 1.04. The summed E-state index contributed by atoms with van der Waals surface area (Å²) in [6, 6.07) is 7.90. The number of halogens is 1. The van der Waals surface area contributed by atoms with Crippen LogP contribution in [-0.4, -0.2) is 12.5 Å². The highest BCUT2D eigenvalue weighted by Gasteiger charge is 2.02. The third-order valence-corrected chi connectivity index (χ3v) is 2.76. The van der Waals surface area contributed by atoms with Gasteiger partial charge in [-0.05, 0) is 36.6 Å². The van der Waals surface area contributed by atoms with Crippen LogP contribution < -0.4 is 5.32 Å². The molecule has 0 radical (unpaired) electrons. The molecule has 3 nitrogen and oxygen atoms in total. The molecule has 0 aromatic heterocycles. The van der Waals surface area contributed by atoms with Crippen LogP contribution in [0.25, 0.3) is 0 Å². The van der Waals surface area contributed by atoms with Gasteiger partial charge in [-0.2, -0.15) is 5.26 Å². The molecule has 0 spiro atoms. The Labute approximate surface area is 104 Å². The molecule has 0 fully saturated rings. The van der Waals surface area contributed by atoms with Crippen molar-refractivity contribution in [1.29, 1.82) is 5.26 Å². The second-order valence-electron chi connectivity index (χ2n) is 3.51. The fraction of sp³-hybridized carbons (Fsp3) is 0.333. The van der Waals surface area contributed by atoms with E-state index in [-0.39, 0.29) is 12.3 Å². The fourth-order valence-corrected chi connectivity index (χ4v) is 1.79. The standard InChI is InChI=1S/C12H13BrN2O/c1-9-2-3-11(13)8-10(9)5-7-15-12(16)4-6-14/h2-3,8H,4-5,7H2,1H3,(H,15,16). The maximum absolute atomic E-state index is 11.0. The number of benzene rings is 1. The summed E-state index contributed by atoms with van der Waals surface area (Å²) in [5.41, 5.74) is 2.41. The van der Waals surface area contributed by atoms with Gasteiger partial charge in [0.15, 0.2) is 0 Å². The molecule has 0 aliphatic heterocycles. The van der Waals surface area contributed by atoms with Gasteiger partial charge in [0.1, 0.15) is 6.42 Å². The van der Waals surface area contributed by atoms with Crippen molar-refractivity contribution in [3.8, 4) is 6.07 Å². The molecule has 0 saturated carbocycles. The van der Waals surface area contributed by atoms with E-state index in [1.807, 2.05) is 31.2 Å².